The number of aliphatic imine (C=N–C) groups is 1. The van der Waals surface area contributed by atoms with Crippen LogP contribution in [0.1, 0.15) is 10.7 Å². The molecule has 0 spiro atoms. The van der Waals surface area contributed by atoms with Crippen molar-refractivity contribution >= 4 is 70.5 Å². The highest BCUT2D eigenvalue weighted by atomic mass is 127. The molecule has 1 amide bonds. The van der Waals surface area contributed by atoms with Crippen LogP contribution in [0.15, 0.2) is 39.5 Å². The number of aromatic nitrogens is 1. The SMILES string of the molecule is Cc1nc(CN(C)C(=NCC(=O)N(C)C)NCCSc2ccc(Cl)cc2)cs1.I. The van der Waals surface area contributed by atoms with Crippen LogP contribution >= 0.6 is 58.7 Å². The van der Waals surface area contributed by atoms with E-state index in [1.165, 1.54) is 4.90 Å². The molecule has 0 aliphatic carbocycles. The van der Waals surface area contributed by atoms with E-state index in [9.17, 15) is 4.79 Å². The Morgan fingerprint density at radius 3 is 2.55 bits per heavy atom. The van der Waals surface area contributed by atoms with E-state index in [0.717, 1.165) is 28.0 Å². The number of thioether (sulfide) groups is 1. The van der Waals surface area contributed by atoms with Crippen LogP contribution in [0.25, 0.3) is 0 Å². The normalized spacial score (nSPS) is 11.0. The largest absolute Gasteiger partial charge is 0.355 e. The molecule has 2 rings (SSSR count). The molecule has 0 aliphatic rings. The summed E-state index contributed by atoms with van der Waals surface area (Å²) in [5.41, 5.74) is 0.994. The average molecular weight is 568 g/mol. The molecule has 1 aromatic heterocycles. The summed E-state index contributed by atoms with van der Waals surface area (Å²) in [6.07, 6.45) is 0. The number of rotatable bonds is 8. The molecule has 10 heteroatoms. The summed E-state index contributed by atoms with van der Waals surface area (Å²) in [7, 11) is 5.41. The lowest BCUT2D eigenvalue weighted by Crippen LogP contribution is -2.40. The summed E-state index contributed by atoms with van der Waals surface area (Å²) in [6, 6.07) is 7.80. The van der Waals surface area contributed by atoms with Crippen molar-refractivity contribution in [2.45, 2.75) is 18.4 Å². The number of nitrogens with zero attached hydrogens (tertiary/aromatic N) is 4. The average Bonchev–Trinajstić information content (AvgIpc) is 3.06. The van der Waals surface area contributed by atoms with Gasteiger partial charge in [-0.1, -0.05) is 11.6 Å². The summed E-state index contributed by atoms with van der Waals surface area (Å²) < 4.78 is 0. The van der Waals surface area contributed by atoms with Gasteiger partial charge in [-0.2, -0.15) is 0 Å². The molecule has 0 atom stereocenters. The Morgan fingerprint density at radius 1 is 1.28 bits per heavy atom. The van der Waals surface area contributed by atoms with Gasteiger partial charge < -0.3 is 15.1 Å². The third kappa shape index (κ3) is 9.54. The van der Waals surface area contributed by atoms with Crippen LogP contribution in [-0.4, -0.2) is 66.6 Å². The fourth-order valence-corrected chi connectivity index (χ4v) is 3.75. The first-order valence-corrected chi connectivity index (χ1v) is 11.1. The van der Waals surface area contributed by atoms with Gasteiger partial charge in [0.25, 0.3) is 0 Å². The number of halogens is 2. The summed E-state index contributed by atoms with van der Waals surface area (Å²) >= 11 is 9.29. The number of amides is 1. The Balaban J connectivity index is 0.00000420. The predicted molar refractivity (Wildman–Crippen MR) is 135 cm³/mol. The van der Waals surface area contributed by atoms with Crippen molar-refractivity contribution in [1.82, 2.24) is 20.1 Å². The van der Waals surface area contributed by atoms with E-state index < -0.39 is 0 Å². The van der Waals surface area contributed by atoms with Gasteiger partial charge in [-0.05, 0) is 31.2 Å². The van der Waals surface area contributed by atoms with Crippen LogP contribution in [0, 0.1) is 6.92 Å². The molecule has 6 nitrogen and oxygen atoms in total. The fraction of sp³-hybridized carbons (Fsp3) is 0.421. The first-order valence-electron chi connectivity index (χ1n) is 8.84. The number of likely N-dealkylation sites (N-methyl/N-ethyl adjacent to an activating group) is 1. The molecule has 2 aromatic rings. The minimum absolute atomic E-state index is 0. The fourth-order valence-electron chi connectivity index (χ4n) is 2.26. The standard InChI is InChI=1S/C19H26ClN5OS2.HI/c1-14-23-16(13-28-14)12-25(4)19(22-11-18(26)24(2)3)21-9-10-27-17-7-5-15(20)6-8-17;/h5-8,13H,9-12H2,1-4H3,(H,21,22);1H. The lowest BCUT2D eigenvalue weighted by Gasteiger charge is -2.22. The van der Waals surface area contributed by atoms with Gasteiger partial charge in [-0.15, -0.1) is 47.1 Å². The number of guanidine groups is 1. The molecule has 0 saturated carbocycles. The molecule has 0 bridgehead atoms. The zero-order valence-corrected chi connectivity index (χ0v) is 21.7. The summed E-state index contributed by atoms with van der Waals surface area (Å²) in [5.74, 6) is 1.52. The smallest absolute Gasteiger partial charge is 0.243 e. The number of nitrogens with one attached hydrogen (secondary N) is 1. The van der Waals surface area contributed by atoms with Crippen LogP contribution in [0.2, 0.25) is 5.02 Å². The minimum atomic E-state index is -0.0345. The van der Waals surface area contributed by atoms with Crippen LogP contribution in [0.3, 0.4) is 0 Å². The first kappa shape index (κ1) is 26.0. The third-order valence-corrected chi connectivity index (χ3v) is 5.85. The Hall–Kier alpha value is -1.04. The van der Waals surface area contributed by atoms with Crippen molar-refractivity contribution in [1.29, 1.82) is 0 Å². The summed E-state index contributed by atoms with van der Waals surface area (Å²) in [5, 5.41) is 7.18. The lowest BCUT2D eigenvalue weighted by atomic mass is 10.4. The van der Waals surface area contributed by atoms with Gasteiger partial charge in [-0.3, -0.25) is 4.79 Å². The molecule has 0 fully saturated rings. The van der Waals surface area contributed by atoms with Crippen LogP contribution in [0.4, 0.5) is 0 Å². The number of hydrogen-bond acceptors (Lipinski definition) is 5. The number of carbonyl (C=O) groups is 1. The second kappa shape index (κ2) is 13.3. The highest BCUT2D eigenvalue weighted by molar-refractivity contribution is 14.0. The molecule has 0 aliphatic heterocycles. The van der Waals surface area contributed by atoms with Gasteiger partial charge in [0.05, 0.1) is 17.2 Å². The number of hydrogen-bond donors (Lipinski definition) is 1. The van der Waals surface area contributed by atoms with E-state index in [-0.39, 0.29) is 36.4 Å². The Bertz CT molecular complexity index is 798. The van der Waals surface area contributed by atoms with Crippen molar-refractivity contribution < 1.29 is 4.79 Å². The molecule has 1 N–H and O–H groups in total. The zero-order chi connectivity index (χ0) is 20.5. The van der Waals surface area contributed by atoms with Crippen molar-refractivity contribution in [2.24, 2.45) is 4.99 Å². The molecule has 29 heavy (non-hydrogen) atoms. The molecule has 160 valence electrons. The van der Waals surface area contributed by atoms with Crippen LogP contribution in [0.5, 0.6) is 0 Å². The van der Waals surface area contributed by atoms with E-state index in [1.807, 2.05) is 48.5 Å². The third-order valence-electron chi connectivity index (χ3n) is 3.76. The number of aryl methyl sites for hydroxylation is 1. The molecule has 0 unspecified atom stereocenters. The second-order valence-corrected chi connectivity index (χ2v) is 9.04. The van der Waals surface area contributed by atoms with Gasteiger partial charge >= 0.3 is 0 Å². The van der Waals surface area contributed by atoms with E-state index >= 15 is 0 Å². The quantitative estimate of drug-likeness (QED) is 0.172. The van der Waals surface area contributed by atoms with Gasteiger partial charge in [0.15, 0.2) is 5.96 Å². The van der Waals surface area contributed by atoms with Crippen LogP contribution in [-0.2, 0) is 11.3 Å². The van der Waals surface area contributed by atoms with E-state index in [1.54, 1.807) is 42.1 Å². The highest BCUT2D eigenvalue weighted by Gasteiger charge is 2.11. The number of thiazole rings is 1. The molecule has 0 radical (unpaired) electrons. The molecular formula is C19H27ClIN5OS2. The second-order valence-electron chi connectivity index (χ2n) is 6.37. The Morgan fingerprint density at radius 2 is 1.97 bits per heavy atom. The molecule has 1 aromatic carbocycles. The Kier molecular flexibility index (Phi) is 11.9. The van der Waals surface area contributed by atoms with Gasteiger partial charge in [0.1, 0.15) is 6.54 Å². The maximum Gasteiger partial charge on any atom is 0.243 e. The zero-order valence-electron chi connectivity index (χ0n) is 17.0. The lowest BCUT2D eigenvalue weighted by molar-refractivity contribution is -0.127. The maximum absolute atomic E-state index is 11.9. The molecule has 0 saturated heterocycles. The van der Waals surface area contributed by atoms with Crippen molar-refractivity contribution in [2.75, 3.05) is 40.0 Å². The minimum Gasteiger partial charge on any atom is -0.355 e. The monoisotopic (exact) mass is 567 g/mol. The molecular weight excluding hydrogens is 541 g/mol. The van der Waals surface area contributed by atoms with Gasteiger partial charge in [0, 0.05) is 48.7 Å². The van der Waals surface area contributed by atoms with Gasteiger partial charge in [0.2, 0.25) is 5.91 Å². The van der Waals surface area contributed by atoms with Crippen molar-refractivity contribution in [3.63, 3.8) is 0 Å². The topological polar surface area (TPSA) is 60.8 Å². The van der Waals surface area contributed by atoms with Gasteiger partial charge in [-0.25, -0.2) is 9.98 Å². The van der Waals surface area contributed by atoms with E-state index in [2.05, 4.69) is 15.3 Å². The van der Waals surface area contributed by atoms with Crippen molar-refractivity contribution in [3.05, 3.63) is 45.4 Å². The Labute approximate surface area is 203 Å². The summed E-state index contributed by atoms with van der Waals surface area (Å²) in [4.78, 5) is 25.6. The van der Waals surface area contributed by atoms with Crippen molar-refractivity contribution in [3.8, 4) is 0 Å². The highest BCUT2D eigenvalue weighted by Crippen LogP contribution is 2.19. The number of carbonyl (C=O) groups excluding carboxylic acids is 1. The predicted octanol–water partition coefficient (Wildman–Crippen LogP) is 3.98. The van der Waals surface area contributed by atoms with E-state index in [4.69, 9.17) is 11.6 Å². The first-order chi connectivity index (χ1) is 13.3. The molecule has 1 heterocycles. The van der Waals surface area contributed by atoms with E-state index in [0.29, 0.717) is 12.5 Å². The van der Waals surface area contributed by atoms with Crippen LogP contribution < -0.4 is 5.32 Å². The summed E-state index contributed by atoms with van der Waals surface area (Å²) in [6.45, 7) is 3.46. The maximum atomic E-state index is 11.9. The number of benzene rings is 1.